The number of rotatable bonds is 7. The number of carbonyl (C=O) groups is 2. The van der Waals surface area contributed by atoms with Gasteiger partial charge in [-0.3, -0.25) is 4.79 Å². The standard InChI is InChI=1S/C23H25N3O4/c1-5-30-23(28)21(24-22(27)17-11-13-19(29-4)14-12-17)20-15(2)25-26(16(20)3)18-9-7-6-8-10-18/h6-14,21H,5H2,1-4H3,(H,24,27)/t21-/m0/s1. The van der Waals surface area contributed by atoms with Crippen molar-refractivity contribution in [3.8, 4) is 11.4 Å². The van der Waals surface area contributed by atoms with Gasteiger partial charge in [-0.15, -0.1) is 0 Å². The Morgan fingerprint density at radius 1 is 1.07 bits per heavy atom. The fourth-order valence-corrected chi connectivity index (χ4v) is 3.32. The van der Waals surface area contributed by atoms with Crippen LogP contribution in [0.3, 0.4) is 0 Å². The highest BCUT2D eigenvalue weighted by Gasteiger charge is 2.30. The highest BCUT2D eigenvalue weighted by atomic mass is 16.5. The molecule has 1 heterocycles. The quantitative estimate of drug-likeness (QED) is 0.606. The lowest BCUT2D eigenvalue weighted by molar-refractivity contribution is -0.145. The summed E-state index contributed by atoms with van der Waals surface area (Å²) in [7, 11) is 1.56. The lowest BCUT2D eigenvalue weighted by atomic mass is 10.0. The number of hydrogen-bond donors (Lipinski definition) is 1. The number of nitrogens with zero attached hydrogens (tertiary/aromatic N) is 2. The van der Waals surface area contributed by atoms with Gasteiger partial charge in [-0.1, -0.05) is 18.2 Å². The Labute approximate surface area is 175 Å². The van der Waals surface area contributed by atoms with Crippen molar-refractivity contribution in [2.45, 2.75) is 26.8 Å². The van der Waals surface area contributed by atoms with Crippen LogP contribution in [0.5, 0.6) is 5.75 Å². The van der Waals surface area contributed by atoms with E-state index >= 15 is 0 Å². The van der Waals surface area contributed by atoms with Crippen molar-refractivity contribution < 1.29 is 19.1 Å². The third-order valence-corrected chi connectivity index (χ3v) is 4.79. The van der Waals surface area contributed by atoms with Crippen LogP contribution in [-0.2, 0) is 9.53 Å². The molecule has 0 aliphatic heterocycles. The number of methoxy groups -OCH3 is 1. The van der Waals surface area contributed by atoms with E-state index in [1.165, 1.54) is 0 Å². The number of ether oxygens (including phenoxy) is 2. The maximum atomic E-state index is 12.8. The second-order valence-electron chi connectivity index (χ2n) is 6.72. The van der Waals surface area contributed by atoms with Gasteiger partial charge >= 0.3 is 5.97 Å². The van der Waals surface area contributed by atoms with Gasteiger partial charge in [-0.2, -0.15) is 5.10 Å². The van der Waals surface area contributed by atoms with E-state index in [1.807, 2.05) is 44.2 Å². The Hall–Kier alpha value is -3.61. The third kappa shape index (κ3) is 4.35. The fourth-order valence-electron chi connectivity index (χ4n) is 3.32. The molecule has 30 heavy (non-hydrogen) atoms. The van der Waals surface area contributed by atoms with Crippen LogP contribution in [0, 0.1) is 13.8 Å². The van der Waals surface area contributed by atoms with Crippen molar-refractivity contribution in [3.63, 3.8) is 0 Å². The van der Waals surface area contributed by atoms with Crippen LogP contribution in [0.15, 0.2) is 54.6 Å². The number of benzene rings is 2. The third-order valence-electron chi connectivity index (χ3n) is 4.79. The molecule has 0 unspecified atom stereocenters. The van der Waals surface area contributed by atoms with Gasteiger partial charge in [0, 0.05) is 16.8 Å². The minimum absolute atomic E-state index is 0.207. The second kappa shape index (κ2) is 9.26. The molecule has 3 rings (SSSR count). The summed E-state index contributed by atoms with van der Waals surface area (Å²) in [5.41, 5.74) is 3.31. The molecule has 1 aromatic heterocycles. The molecule has 1 atom stereocenters. The minimum atomic E-state index is -0.975. The van der Waals surface area contributed by atoms with Crippen LogP contribution in [-0.4, -0.2) is 35.4 Å². The smallest absolute Gasteiger partial charge is 0.333 e. The van der Waals surface area contributed by atoms with Crippen LogP contribution in [0.1, 0.15) is 40.3 Å². The minimum Gasteiger partial charge on any atom is -0.497 e. The first-order valence-corrected chi connectivity index (χ1v) is 9.69. The largest absolute Gasteiger partial charge is 0.497 e. The summed E-state index contributed by atoms with van der Waals surface area (Å²) < 4.78 is 12.1. The zero-order valence-corrected chi connectivity index (χ0v) is 17.5. The molecule has 0 saturated heterocycles. The van der Waals surface area contributed by atoms with E-state index in [1.54, 1.807) is 43.0 Å². The van der Waals surface area contributed by atoms with E-state index in [4.69, 9.17) is 9.47 Å². The molecule has 0 fully saturated rings. The maximum Gasteiger partial charge on any atom is 0.333 e. The molecule has 1 amide bonds. The van der Waals surface area contributed by atoms with Gasteiger partial charge in [0.2, 0.25) is 0 Å². The number of para-hydroxylation sites is 1. The van der Waals surface area contributed by atoms with Crippen LogP contribution >= 0.6 is 0 Å². The summed E-state index contributed by atoms with van der Waals surface area (Å²) in [5, 5.41) is 7.40. The summed E-state index contributed by atoms with van der Waals surface area (Å²) in [4.78, 5) is 25.6. The molecule has 7 heteroatoms. The van der Waals surface area contributed by atoms with Gasteiger partial charge < -0.3 is 14.8 Å². The lowest BCUT2D eigenvalue weighted by Gasteiger charge is -2.18. The summed E-state index contributed by atoms with van der Waals surface area (Å²) >= 11 is 0. The summed E-state index contributed by atoms with van der Waals surface area (Å²) in [6, 6.07) is 15.3. The van der Waals surface area contributed by atoms with E-state index in [-0.39, 0.29) is 12.5 Å². The predicted octanol–water partition coefficient (Wildman–Crippen LogP) is 3.53. The molecule has 0 radical (unpaired) electrons. The molecule has 0 bridgehead atoms. The molecule has 1 N–H and O–H groups in total. The van der Waals surface area contributed by atoms with E-state index in [0.717, 1.165) is 11.4 Å². The zero-order chi connectivity index (χ0) is 21.7. The van der Waals surface area contributed by atoms with E-state index in [2.05, 4.69) is 10.4 Å². The fraction of sp³-hybridized carbons (Fsp3) is 0.261. The Balaban J connectivity index is 1.97. The molecule has 0 aliphatic rings. The first kappa shape index (κ1) is 21.1. The van der Waals surface area contributed by atoms with Gasteiger partial charge in [-0.05, 0) is 57.2 Å². The van der Waals surface area contributed by atoms with Gasteiger partial charge in [0.25, 0.3) is 5.91 Å². The van der Waals surface area contributed by atoms with Gasteiger partial charge in [-0.25, -0.2) is 9.48 Å². The van der Waals surface area contributed by atoms with Gasteiger partial charge in [0.15, 0.2) is 6.04 Å². The topological polar surface area (TPSA) is 82.4 Å². The molecule has 0 spiro atoms. The Kier molecular flexibility index (Phi) is 6.51. The average molecular weight is 407 g/mol. The monoisotopic (exact) mass is 407 g/mol. The summed E-state index contributed by atoms with van der Waals surface area (Å²) in [6.07, 6.45) is 0. The summed E-state index contributed by atoms with van der Waals surface area (Å²) in [6.45, 7) is 5.62. The highest BCUT2D eigenvalue weighted by Crippen LogP contribution is 2.26. The normalized spacial score (nSPS) is 11.6. The van der Waals surface area contributed by atoms with E-state index in [9.17, 15) is 9.59 Å². The molecular weight excluding hydrogens is 382 g/mol. The van der Waals surface area contributed by atoms with Crippen LogP contribution in [0.2, 0.25) is 0 Å². The number of carbonyl (C=O) groups excluding carboxylic acids is 2. The number of esters is 1. The first-order valence-electron chi connectivity index (χ1n) is 9.69. The SMILES string of the molecule is CCOC(=O)[C@@H](NC(=O)c1ccc(OC)cc1)c1c(C)nn(-c2ccccc2)c1C. The van der Waals surface area contributed by atoms with Crippen molar-refractivity contribution in [2.75, 3.05) is 13.7 Å². The van der Waals surface area contributed by atoms with Crippen LogP contribution < -0.4 is 10.1 Å². The number of aryl methyl sites for hydroxylation is 1. The van der Waals surface area contributed by atoms with Gasteiger partial charge in [0.05, 0.1) is 25.1 Å². The highest BCUT2D eigenvalue weighted by molar-refractivity contribution is 5.97. The Bertz CT molecular complexity index is 1030. The number of hydrogen-bond acceptors (Lipinski definition) is 5. The molecule has 2 aromatic carbocycles. The van der Waals surface area contributed by atoms with E-state index in [0.29, 0.717) is 22.6 Å². The van der Waals surface area contributed by atoms with Crippen molar-refractivity contribution in [2.24, 2.45) is 0 Å². The number of nitrogens with one attached hydrogen (secondary N) is 1. The van der Waals surface area contributed by atoms with E-state index < -0.39 is 12.0 Å². The predicted molar refractivity (Wildman–Crippen MR) is 113 cm³/mol. The number of amides is 1. The van der Waals surface area contributed by atoms with Crippen molar-refractivity contribution in [1.82, 2.24) is 15.1 Å². The molecule has 0 aliphatic carbocycles. The molecule has 3 aromatic rings. The van der Waals surface area contributed by atoms with Crippen molar-refractivity contribution in [1.29, 1.82) is 0 Å². The Morgan fingerprint density at radius 3 is 2.33 bits per heavy atom. The van der Waals surface area contributed by atoms with Crippen molar-refractivity contribution >= 4 is 11.9 Å². The van der Waals surface area contributed by atoms with Crippen LogP contribution in [0.25, 0.3) is 5.69 Å². The summed E-state index contributed by atoms with van der Waals surface area (Å²) in [5.74, 6) is -0.274. The maximum absolute atomic E-state index is 12.8. The van der Waals surface area contributed by atoms with Gasteiger partial charge in [0.1, 0.15) is 5.75 Å². The molecule has 0 saturated carbocycles. The van der Waals surface area contributed by atoms with Crippen LogP contribution in [0.4, 0.5) is 0 Å². The lowest BCUT2D eigenvalue weighted by Crippen LogP contribution is -2.35. The molecule has 156 valence electrons. The number of aromatic nitrogens is 2. The zero-order valence-electron chi connectivity index (χ0n) is 17.5. The first-order chi connectivity index (χ1) is 14.5. The second-order valence-corrected chi connectivity index (χ2v) is 6.72. The van der Waals surface area contributed by atoms with Crippen molar-refractivity contribution in [3.05, 3.63) is 77.1 Å². The molecular formula is C23H25N3O4. The molecule has 7 nitrogen and oxygen atoms in total. The average Bonchev–Trinajstić information content (AvgIpc) is 3.06. The Morgan fingerprint density at radius 2 is 1.73 bits per heavy atom.